The first-order valence-corrected chi connectivity index (χ1v) is 10.6. The molecular weight excluding hydrogens is 368 g/mol. The molecule has 0 amide bonds. The number of aromatic nitrogens is 3. The summed E-state index contributed by atoms with van der Waals surface area (Å²) >= 11 is 0. The second kappa shape index (κ2) is 8.23. The van der Waals surface area contributed by atoms with Crippen molar-refractivity contribution in [2.45, 2.75) is 40.5 Å². The van der Waals surface area contributed by atoms with Crippen molar-refractivity contribution in [2.75, 3.05) is 0 Å². The summed E-state index contributed by atoms with van der Waals surface area (Å²) < 4.78 is 2.10. The molecule has 2 aromatic carbocycles. The summed E-state index contributed by atoms with van der Waals surface area (Å²) in [5.41, 5.74) is 9.71. The maximum Gasteiger partial charge on any atom is 0.159 e. The molecule has 0 atom stereocenters. The quantitative estimate of drug-likeness (QED) is 0.376. The van der Waals surface area contributed by atoms with E-state index in [9.17, 15) is 0 Å². The Labute approximate surface area is 178 Å². The van der Waals surface area contributed by atoms with Crippen molar-refractivity contribution in [3.8, 4) is 11.5 Å². The third kappa shape index (κ3) is 3.65. The number of fused-ring (bicyclic) bond motifs is 1. The topological polar surface area (TPSA) is 43.1 Å². The third-order valence-corrected chi connectivity index (χ3v) is 5.59. The summed E-state index contributed by atoms with van der Waals surface area (Å²) in [7, 11) is 2.04. The summed E-state index contributed by atoms with van der Waals surface area (Å²) in [5.74, 6) is 0.865. The molecule has 0 spiro atoms. The van der Waals surface area contributed by atoms with E-state index in [0.717, 1.165) is 52.5 Å². The number of para-hydroxylation sites is 2. The molecule has 0 bridgehead atoms. The van der Waals surface area contributed by atoms with Crippen LogP contribution in [0.2, 0.25) is 0 Å². The molecule has 0 aliphatic carbocycles. The molecule has 0 fully saturated rings. The van der Waals surface area contributed by atoms with Crippen molar-refractivity contribution < 1.29 is 0 Å². The number of pyridine rings is 1. The minimum Gasteiger partial charge on any atom is -0.326 e. The van der Waals surface area contributed by atoms with Crippen LogP contribution in [0.15, 0.2) is 59.6 Å². The highest BCUT2D eigenvalue weighted by atomic mass is 15.1. The van der Waals surface area contributed by atoms with Gasteiger partial charge in [0.2, 0.25) is 0 Å². The number of nitrogens with zero attached hydrogens (tertiary/aromatic N) is 4. The van der Waals surface area contributed by atoms with E-state index in [2.05, 4.69) is 43.5 Å². The van der Waals surface area contributed by atoms with Gasteiger partial charge in [0.15, 0.2) is 5.82 Å². The predicted octanol–water partition coefficient (Wildman–Crippen LogP) is 6.21. The molecule has 4 heteroatoms. The molecular formula is C26H28N4. The molecule has 4 aromatic rings. The Bertz CT molecular complexity index is 1220. The van der Waals surface area contributed by atoms with E-state index in [4.69, 9.17) is 15.0 Å². The molecule has 30 heavy (non-hydrogen) atoms. The van der Waals surface area contributed by atoms with Gasteiger partial charge in [-0.25, -0.2) is 9.97 Å². The first-order valence-electron chi connectivity index (χ1n) is 10.6. The highest BCUT2D eigenvalue weighted by Crippen LogP contribution is 2.29. The first-order chi connectivity index (χ1) is 14.5. The maximum absolute atomic E-state index is 5.04. The Balaban J connectivity index is 1.78. The van der Waals surface area contributed by atoms with Gasteiger partial charge in [0.05, 0.1) is 28.1 Å². The lowest BCUT2D eigenvalue weighted by atomic mass is 10.00. The van der Waals surface area contributed by atoms with Gasteiger partial charge in [0.1, 0.15) is 5.69 Å². The number of hydrogen-bond acceptors (Lipinski definition) is 3. The minimum absolute atomic E-state index is 0.857. The lowest BCUT2D eigenvalue weighted by Gasteiger charge is -2.12. The second-order valence-corrected chi connectivity index (χ2v) is 7.73. The average molecular weight is 397 g/mol. The molecule has 0 aliphatic heterocycles. The van der Waals surface area contributed by atoms with E-state index in [1.54, 1.807) is 0 Å². The zero-order valence-corrected chi connectivity index (χ0v) is 18.4. The van der Waals surface area contributed by atoms with Crippen molar-refractivity contribution >= 4 is 22.4 Å². The molecule has 0 saturated heterocycles. The summed E-state index contributed by atoms with van der Waals surface area (Å²) in [6, 6.07) is 18.7. The monoisotopic (exact) mass is 396 g/mol. The molecule has 0 unspecified atom stereocenters. The lowest BCUT2D eigenvalue weighted by Crippen LogP contribution is -2.02. The van der Waals surface area contributed by atoms with Gasteiger partial charge in [0, 0.05) is 7.05 Å². The van der Waals surface area contributed by atoms with Gasteiger partial charge in [0.25, 0.3) is 0 Å². The zero-order chi connectivity index (χ0) is 21.3. The minimum atomic E-state index is 0.857. The fraction of sp³-hybridized carbons (Fsp3) is 0.269. The van der Waals surface area contributed by atoms with Crippen LogP contribution >= 0.6 is 0 Å². The van der Waals surface area contributed by atoms with E-state index >= 15 is 0 Å². The van der Waals surface area contributed by atoms with Crippen LogP contribution in [0.4, 0.5) is 5.69 Å². The molecule has 0 aliphatic rings. The number of aliphatic imine (C=N–C) groups is 1. The third-order valence-electron chi connectivity index (χ3n) is 5.59. The second-order valence-electron chi connectivity index (χ2n) is 7.73. The molecule has 0 saturated carbocycles. The normalized spacial score (nSPS) is 12.0. The van der Waals surface area contributed by atoms with Crippen LogP contribution in [-0.4, -0.2) is 20.2 Å². The van der Waals surface area contributed by atoms with Crippen LogP contribution in [0.25, 0.3) is 22.6 Å². The van der Waals surface area contributed by atoms with Crippen molar-refractivity contribution in [3.63, 3.8) is 0 Å². The number of rotatable bonds is 5. The Morgan fingerprint density at radius 1 is 0.933 bits per heavy atom. The molecule has 2 aromatic heterocycles. The van der Waals surface area contributed by atoms with Gasteiger partial charge in [-0.05, 0) is 62.1 Å². The van der Waals surface area contributed by atoms with E-state index in [-0.39, 0.29) is 0 Å². The largest absolute Gasteiger partial charge is 0.326 e. The molecule has 4 nitrogen and oxygen atoms in total. The summed E-state index contributed by atoms with van der Waals surface area (Å²) in [4.78, 5) is 14.7. The van der Waals surface area contributed by atoms with Gasteiger partial charge in [-0.1, -0.05) is 49.7 Å². The molecule has 0 N–H and O–H groups in total. The van der Waals surface area contributed by atoms with Crippen molar-refractivity contribution in [3.05, 3.63) is 77.0 Å². The lowest BCUT2D eigenvalue weighted by molar-refractivity contribution is 0.949. The van der Waals surface area contributed by atoms with E-state index in [1.807, 2.05) is 50.4 Å². The van der Waals surface area contributed by atoms with Crippen molar-refractivity contribution in [1.82, 2.24) is 14.5 Å². The molecule has 0 radical (unpaired) electrons. The Morgan fingerprint density at radius 3 is 2.30 bits per heavy atom. The van der Waals surface area contributed by atoms with Crippen molar-refractivity contribution in [2.24, 2.45) is 12.0 Å². The number of imidazole rings is 1. The van der Waals surface area contributed by atoms with Crippen LogP contribution < -0.4 is 0 Å². The van der Waals surface area contributed by atoms with Crippen LogP contribution in [0.1, 0.15) is 43.2 Å². The zero-order valence-electron chi connectivity index (χ0n) is 18.4. The van der Waals surface area contributed by atoms with Crippen LogP contribution in [-0.2, 0) is 19.9 Å². The highest BCUT2D eigenvalue weighted by Gasteiger charge is 2.13. The SMILES string of the molecule is CCc1cc(C)cc(CC)c1N=C(C)c1cccc(-c2nc3ccccc3n2C)n1. The van der Waals surface area contributed by atoms with Gasteiger partial charge >= 0.3 is 0 Å². The molecule has 2 heterocycles. The van der Waals surface area contributed by atoms with Crippen LogP contribution in [0.5, 0.6) is 0 Å². The smallest absolute Gasteiger partial charge is 0.159 e. The van der Waals surface area contributed by atoms with E-state index in [0.29, 0.717) is 0 Å². The highest BCUT2D eigenvalue weighted by molar-refractivity contribution is 5.99. The predicted molar refractivity (Wildman–Crippen MR) is 126 cm³/mol. The first kappa shape index (κ1) is 20.0. The van der Waals surface area contributed by atoms with Crippen LogP contribution in [0.3, 0.4) is 0 Å². The number of hydrogen-bond donors (Lipinski definition) is 0. The molecule has 4 rings (SSSR count). The average Bonchev–Trinajstić information content (AvgIpc) is 3.11. The number of aryl methyl sites for hydroxylation is 4. The standard InChI is InChI=1S/C26H28N4/c1-6-19-15-17(3)16-20(7-2)25(19)27-18(4)21-12-10-13-23(28-21)26-29-22-11-8-9-14-24(22)30(26)5/h8-16H,6-7H2,1-5H3. The van der Waals surface area contributed by atoms with Gasteiger partial charge in [-0.15, -0.1) is 0 Å². The van der Waals surface area contributed by atoms with Gasteiger partial charge < -0.3 is 4.57 Å². The van der Waals surface area contributed by atoms with Crippen molar-refractivity contribution in [1.29, 1.82) is 0 Å². The summed E-state index contributed by atoms with van der Waals surface area (Å²) in [6.45, 7) is 8.57. The molecule has 152 valence electrons. The number of benzene rings is 2. The van der Waals surface area contributed by atoms with Gasteiger partial charge in [-0.3, -0.25) is 4.99 Å². The maximum atomic E-state index is 5.04. The van der Waals surface area contributed by atoms with Gasteiger partial charge in [-0.2, -0.15) is 0 Å². The summed E-state index contributed by atoms with van der Waals surface area (Å²) in [6.07, 6.45) is 1.93. The van der Waals surface area contributed by atoms with Crippen LogP contribution in [0, 0.1) is 6.92 Å². The summed E-state index contributed by atoms with van der Waals surface area (Å²) in [5, 5.41) is 0. The Kier molecular flexibility index (Phi) is 5.49. The van der Waals surface area contributed by atoms with E-state index < -0.39 is 0 Å². The van der Waals surface area contributed by atoms with E-state index in [1.165, 1.54) is 16.7 Å². The fourth-order valence-electron chi connectivity index (χ4n) is 3.98. The Morgan fingerprint density at radius 2 is 1.63 bits per heavy atom. The fourth-order valence-corrected chi connectivity index (χ4v) is 3.98. The Hall–Kier alpha value is -3.27.